The molecule has 0 amide bonds. The summed E-state index contributed by atoms with van der Waals surface area (Å²) in [5.41, 5.74) is 3.19. The van der Waals surface area contributed by atoms with Gasteiger partial charge in [0, 0.05) is 10.6 Å². The van der Waals surface area contributed by atoms with Crippen molar-refractivity contribution in [1.29, 1.82) is 5.26 Å². The predicted molar refractivity (Wildman–Crippen MR) is 99.5 cm³/mol. The van der Waals surface area contributed by atoms with Crippen LogP contribution in [0.1, 0.15) is 34.9 Å². The fraction of sp³-hybridized carbons (Fsp3) is 0.316. The van der Waals surface area contributed by atoms with Gasteiger partial charge in [-0.2, -0.15) is 5.26 Å². The molecule has 4 nitrogen and oxygen atoms in total. The van der Waals surface area contributed by atoms with Crippen molar-refractivity contribution in [2.45, 2.75) is 37.2 Å². The van der Waals surface area contributed by atoms with Crippen molar-refractivity contribution in [3.8, 4) is 16.8 Å². The van der Waals surface area contributed by atoms with Gasteiger partial charge in [0.15, 0.2) is 0 Å². The monoisotopic (exact) mass is 367 g/mol. The van der Waals surface area contributed by atoms with Crippen LogP contribution in [0.25, 0.3) is 10.8 Å². The summed E-state index contributed by atoms with van der Waals surface area (Å²) in [6, 6.07) is 12.0. The molecule has 1 atom stereocenters. The van der Waals surface area contributed by atoms with E-state index in [-0.39, 0.29) is 0 Å². The molecule has 0 radical (unpaired) electrons. The topological polar surface area (TPSA) is 62.7 Å². The summed E-state index contributed by atoms with van der Waals surface area (Å²) in [4.78, 5) is 2.54. The van der Waals surface area contributed by atoms with Crippen molar-refractivity contribution in [2.24, 2.45) is 5.92 Å². The van der Waals surface area contributed by atoms with Gasteiger partial charge in [-0.05, 0) is 54.5 Å². The van der Waals surface area contributed by atoms with Crippen LogP contribution < -0.4 is 0 Å². The van der Waals surface area contributed by atoms with Crippen molar-refractivity contribution in [3.05, 3.63) is 51.9 Å². The second-order valence-corrected chi connectivity index (χ2v) is 8.44. The van der Waals surface area contributed by atoms with Crippen molar-refractivity contribution in [1.82, 2.24) is 10.2 Å². The van der Waals surface area contributed by atoms with E-state index in [1.807, 2.05) is 18.2 Å². The van der Waals surface area contributed by atoms with E-state index in [0.29, 0.717) is 22.4 Å². The summed E-state index contributed by atoms with van der Waals surface area (Å²) in [5, 5.41) is 17.9. The number of aryl methyl sites for hydroxylation is 1. The van der Waals surface area contributed by atoms with Gasteiger partial charge in [-0.1, -0.05) is 30.8 Å². The minimum Gasteiger partial charge on any atom is -0.410 e. The summed E-state index contributed by atoms with van der Waals surface area (Å²) in [6.07, 6.45) is 3.57. The summed E-state index contributed by atoms with van der Waals surface area (Å²) in [6.45, 7) is 2.31. The number of thioether (sulfide) groups is 1. The van der Waals surface area contributed by atoms with E-state index in [9.17, 15) is 0 Å². The number of nitrogens with zero attached hydrogens (tertiary/aromatic N) is 3. The Kier molecular flexibility index (Phi) is 4.60. The minimum atomic E-state index is 0.567. The smallest absolute Gasteiger partial charge is 0.277 e. The Morgan fingerprint density at radius 1 is 1.36 bits per heavy atom. The molecule has 6 heteroatoms. The zero-order valence-corrected chi connectivity index (χ0v) is 15.5. The van der Waals surface area contributed by atoms with Gasteiger partial charge in [0.1, 0.15) is 0 Å². The second-order valence-electron chi connectivity index (χ2n) is 6.38. The number of benzene rings is 1. The van der Waals surface area contributed by atoms with Crippen LogP contribution in [-0.2, 0) is 18.6 Å². The van der Waals surface area contributed by atoms with Crippen LogP contribution >= 0.6 is 23.1 Å². The molecule has 0 bridgehead atoms. The van der Waals surface area contributed by atoms with Crippen LogP contribution in [0.2, 0.25) is 0 Å². The molecule has 4 rings (SSSR count). The Hall–Kier alpha value is -2.10. The standard InChI is InChI=1S/C19H17N3OS2/c1-12-5-6-16-15(7-12)9-17(25-16)18-21-22-19(23-18)24-11-14-4-2-3-13(8-14)10-20/h2-4,8-9,12H,5-7,11H2,1H3/t12-/m0/s1. The maximum absolute atomic E-state index is 8.97. The summed E-state index contributed by atoms with van der Waals surface area (Å²) >= 11 is 3.28. The van der Waals surface area contributed by atoms with Crippen molar-refractivity contribution in [3.63, 3.8) is 0 Å². The zero-order valence-electron chi connectivity index (χ0n) is 13.9. The Morgan fingerprint density at radius 2 is 2.28 bits per heavy atom. The third-order valence-electron chi connectivity index (χ3n) is 4.36. The van der Waals surface area contributed by atoms with Crippen molar-refractivity contribution >= 4 is 23.1 Å². The highest BCUT2D eigenvalue weighted by Crippen LogP contribution is 2.37. The number of hydrogen-bond donors (Lipinski definition) is 0. The Bertz CT molecular complexity index is 938. The maximum atomic E-state index is 8.97. The first-order valence-electron chi connectivity index (χ1n) is 8.28. The SMILES string of the molecule is C[C@H]1CCc2sc(-c3nnc(SCc4cccc(C#N)c4)o3)cc2C1. The lowest BCUT2D eigenvalue weighted by Gasteiger charge is -2.16. The fourth-order valence-electron chi connectivity index (χ4n) is 3.05. The first-order chi connectivity index (χ1) is 12.2. The fourth-order valence-corrected chi connectivity index (χ4v) is 4.89. The molecule has 2 heterocycles. The first kappa shape index (κ1) is 16.4. The highest BCUT2D eigenvalue weighted by Gasteiger charge is 2.21. The van der Waals surface area contributed by atoms with E-state index in [2.05, 4.69) is 29.3 Å². The summed E-state index contributed by atoms with van der Waals surface area (Å²) < 4.78 is 5.84. The van der Waals surface area contributed by atoms with Crippen molar-refractivity contribution in [2.75, 3.05) is 0 Å². The Labute approximate surface area is 154 Å². The molecule has 3 aromatic rings. The number of nitriles is 1. The Morgan fingerprint density at radius 3 is 3.16 bits per heavy atom. The van der Waals surface area contributed by atoms with E-state index in [1.54, 1.807) is 17.4 Å². The van der Waals surface area contributed by atoms with Crippen LogP contribution in [0.5, 0.6) is 0 Å². The number of hydrogen-bond acceptors (Lipinski definition) is 6. The average molecular weight is 367 g/mol. The summed E-state index contributed by atoms with van der Waals surface area (Å²) in [5.74, 6) is 2.07. The molecule has 1 aromatic carbocycles. The lowest BCUT2D eigenvalue weighted by atomic mass is 9.90. The molecule has 0 saturated heterocycles. The maximum Gasteiger partial charge on any atom is 0.277 e. The molecule has 0 aliphatic heterocycles. The Balaban J connectivity index is 1.46. The van der Waals surface area contributed by atoms with Gasteiger partial charge in [-0.3, -0.25) is 0 Å². The molecule has 2 aromatic heterocycles. The molecule has 0 saturated carbocycles. The van der Waals surface area contributed by atoms with Gasteiger partial charge in [0.05, 0.1) is 16.5 Å². The minimum absolute atomic E-state index is 0.567. The number of rotatable bonds is 4. The van der Waals surface area contributed by atoms with E-state index < -0.39 is 0 Å². The van der Waals surface area contributed by atoms with Gasteiger partial charge in [0.25, 0.3) is 11.1 Å². The molecule has 0 fully saturated rings. The number of fused-ring (bicyclic) bond motifs is 1. The molecular formula is C19H17N3OS2. The molecule has 25 heavy (non-hydrogen) atoms. The molecule has 0 unspecified atom stereocenters. The van der Waals surface area contributed by atoms with Crippen LogP contribution in [0.15, 0.2) is 40.0 Å². The van der Waals surface area contributed by atoms with Crippen molar-refractivity contribution < 1.29 is 4.42 Å². The predicted octanol–water partition coefficient (Wildman–Crippen LogP) is 5.09. The highest BCUT2D eigenvalue weighted by atomic mass is 32.2. The highest BCUT2D eigenvalue weighted by molar-refractivity contribution is 7.98. The molecule has 1 aliphatic rings. The van der Waals surface area contributed by atoms with Crippen LogP contribution in [0, 0.1) is 17.2 Å². The van der Waals surface area contributed by atoms with Crippen LogP contribution in [0.3, 0.4) is 0 Å². The van der Waals surface area contributed by atoms with Gasteiger partial charge >= 0.3 is 0 Å². The van der Waals surface area contributed by atoms with Gasteiger partial charge in [0.2, 0.25) is 0 Å². The van der Waals surface area contributed by atoms with Crippen LogP contribution in [-0.4, -0.2) is 10.2 Å². The molecule has 0 N–H and O–H groups in total. The van der Waals surface area contributed by atoms with E-state index in [0.717, 1.165) is 29.2 Å². The molecule has 126 valence electrons. The molecular weight excluding hydrogens is 350 g/mol. The van der Waals surface area contributed by atoms with Gasteiger partial charge in [-0.15, -0.1) is 21.5 Å². The quantitative estimate of drug-likeness (QED) is 0.601. The second kappa shape index (κ2) is 7.03. The normalized spacial score (nSPS) is 16.4. The largest absolute Gasteiger partial charge is 0.410 e. The number of aromatic nitrogens is 2. The third kappa shape index (κ3) is 3.63. The first-order valence-corrected chi connectivity index (χ1v) is 10.1. The number of thiophene rings is 1. The lowest BCUT2D eigenvalue weighted by molar-refractivity contribution is 0.466. The van der Waals surface area contributed by atoms with E-state index >= 15 is 0 Å². The summed E-state index contributed by atoms with van der Waals surface area (Å²) in [7, 11) is 0. The zero-order chi connectivity index (χ0) is 17.2. The molecule has 1 aliphatic carbocycles. The van der Waals surface area contributed by atoms with Gasteiger partial charge < -0.3 is 4.42 Å². The third-order valence-corrected chi connectivity index (χ3v) is 6.48. The average Bonchev–Trinajstić information content (AvgIpc) is 3.26. The van der Waals surface area contributed by atoms with Crippen LogP contribution in [0.4, 0.5) is 0 Å². The molecule has 0 spiro atoms. The van der Waals surface area contributed by atoms with Gasteiger partial charge in [-0.25, -0.2) is 0 Å². The van der Waals surface area contributed by atoms with E-state index in [4.69, 9.17) is 9.68 Å². The van der Waals surface area contributed by atoms with E-state index in [1.165, 1.54) is 28.6 Å². The lowest BCUT2D eigenvalue weighted by Crippen LogP contribution is -2.07.